The maximum atomic E-state index is 12.8. The molecule has 0 aliphatic rings. The van der Waals surface area contributed by atoms with Crippen LogP contribution in [0.3, 0.4) is 0 Å². The lowest BCUT2D eigenvalue weighted by Gasteiger charge is -2.28. The summed E-state index contributed by atoms with van der Waals surface area (Å²) in [5.41, 5.74) is 10.2. The van der Waals surface area contributed by atoms with E-state index in [1.54, 1.807) is 27.0 Å². The van der Waals surface area contributed by atoms with E-state index < -0.39 is 17.4 Å². The van der Waals surface area contributed by atoms with Crippen LogP contribution in [-0.2, 0) is 41.4 Å². The van der Waals surface area contributed by atoms with Crippen molar-refractivity contribution in [2.75, 3.05) is 53.4 Å². The monoisotopic (exact) mass is 1100 g/mol. The third kappa shape index (κ3) is 20.9. The summed E-state index contributed by atoms with van der Waals surface area (Å²) in [7, 11) is 1.63. The van der Waals surface area contributed by atoms with Crippen LogP contribution in [-0.4, -0.2) is 71.3 Å². The minimum Gasteiger partial charge on any atom is -0.494 e. The zero-order valence-electron chi connectivity index (χ0n) is 48.5. The van der Waals surface area contributed by atoms with E-state index in [0.29, 0.717) is 63.0 Å². The fraction of sp³-hybridized carbons (Fsp3) is 0.357. The Morgan fingerprint density at radius 3 is 1.54 bits per heavy atom. The van der Waals surface area contributed by atoms with Crippen molar-refractivity contribution in [3.8, 4) is 62.1 Å². The van der Waals surface area contributed by atoms with Gasteiger partial charge in [-0.1, -0.05) is 107 Å². The number of aryl methyl sites for hydroxylation is 2. The summed E-state index contributed by atoms with van der Waals surface area (Å²) in [5.74, 6) is 2.68. The zero-order valence-corrected chi connectivity index (χ0v) is 48.5. The van der Waals surface area contributed by atoms with Crippen molar-refractivity contribution < 1.29 is 52.3 Å². The number of hydrogen-bond donors (Lipinski definition) is 0. The van der Waals surface area contributed by atoms with Crippen molar-refractivity contribution in [1.82, 2.24) is 0 Å². The number of carbonyl (C=O) groups excluding carboxylic acids is 3. The average molecular weight is 1100 g/mol. The maximum Gasteiger partial charge on any atom is 0.336 e. The molecule has 0 aliphatic carbocycles. The fourth-order valence-corrected chi connectivity index (χ4v) is 8.98. The van der Waals surface area contributed by atoms with E-state index in [1.807, 2.05) is 97.9 Å². The van der Waals surface area contributed by atoms with Gasteiger partial charge >= 0.3 is 17.9 Å². The summed E-state index contributed by atoms with van der Waals surface area (Å²) in [5, 5.41) is 0. The summed E-state index contributed by atoms with van der Waals surface area (Å²) < 4.78 is 46.1. The van der Waals surface area contributed by atoms with E-state index in [2.05, 4.69) is 69.5 Å². The first-order valence-electron chi connectivity index (χ1n) is 28.5. The molecule has 0 radical (unpaired) electrons. The van der Waals surface area contributed by atoms with Gasteiger partial charge in [-0.05, 0) is 201 Å². The van der Waals surface area contributed by atoms with Crippen molar-refractivity contribution in [3.63, 3.8) is 0 Å². The first kappa shape index (κ1) is 62.3. The van der Waals surface area contributed by atoms with Crippen molar-refractivity contribution in [1.29, 1.82) is 0 Å². The van der Waals surface area contributed by atoms with Gasteiger partial charge in [-0.25, -0.2) is 14.4 Å². The molecular weight excluding hydrogens is 1020 g/mol. The van der Waals surface area contributed by atoms with E-state index >= 15 is 0 Å². The van der Waals surface area contributed by atoms with Crippen LogP contribution in [0, 0.1) is 5.41 Å². The highest BCUT2D eigenvalue weighted by Gasteiger charge is 2.27. The molecule has 6 aromatic rings. The van der Waals surface area contributed by atoms with E-state index in [4.69, 9.17) is 37.9 Å². The number of ether oxygens (including phenoxy) is 8. The summed E-state index contributed by atoms with van der Waals surface area (Å²) in [6, 6.07) is 44.4. The average Bonchev–Trinajstić information content (AvgIpc) is 3.48. The number of methoxy groups -OCH3 is 1. The second kappa shape index (κ2) is 33.0. The predicted octanol–water partition coefficient (Wildman–Crippen LogP) is 16.0. The van der Waals surface area contributed by atoms with E-state index in [1.165, 1.54) is 17.2 Å². The Hall–Kier alpha value is -7.89. The van der Waals surface area contributed by atoms with Crippen molar-refractivity contribution in [2.45, 2.75) is 105 Å². The Bertz CT molecular complexity index is 2970. The number of hydrogen-bond acceptors (Lipinski definition) is 11. The molecule has 0 bridgehead atoms. The summed E-state index contributed by atoms with van der Waals surface area (Å²) in [6.07, 6.45) is 13.4. The topological polar surface area (TPSA) is 125 Å². The van der Waals surface area contributed by atoms with Gasteiger partial charge in [0, 0.05) is 29.7 Å². The molecule has 0 saturated heterocycles. The number of benzene rings is 6. The zero-order chi connectivity index (χ0) is 57.8. The lowest BCUT2D eigenvalue weighted by atomic mass is 9.89. The minimum absolute atomic E-state index is 0.214. The highest BCUT2D eigenvalue weighted by molar-refractivity contribution is 5.89. The molecule has 81 heavy (non-hydrogen) atoms. The highest BCUT2D eigenvalue weighted by atomic mass is 16.5. The Kier molecular flexibility index (Phi) is 25.4. The van der Waals surface area contributed by atoms with Crippen LogP contribution in [0.1, 0.15) is 109 Å². The third-order valence-electron chi connectivity index (χ3n) is 13.8. The molecule has 0 heterocycles. The molecule has 0 saturated carbocycles. The molecular formula is C70H82O11. The number of esters is 3. The van der Waals surface area contributed by atoms with Gasteiger partial charge in [0.1, 0.15) is 28.7 Å². The summed E-state index contributed by atoms with van der Waals surface area (Å²) in [6.45, 7) is 20.3. The van der Waals surface area contributed by atoms with Crippen molar-refractivity contribution in [3.05, 3.63) is 181 Å². The maximum absolute atomic E-state index is 12.8. The summed E-state index contributed by atoms with van der Waals surface area (Å²) in [4.78, 5) is 36.2. The SMILES string of the molecule is C=C(C)C(=O)OCCCCCCOc1ccc(-c2ccc(OCCCCCCOc3ccc(-c4ccc(OC(=O)/C=C/c5ccc(-c6ccc(OCCC(C)(COC)COC(=O)C(=C)C)cc6)cc5)cc4)c(CC)c3)c(CC)c2)cc1. The number of carbonyl (C=O) groups is 3. The third-order valence-corrected chi connectivity index (χ3v) is 13.8. The lowest BCUT2D eigenvalue weighted by Crippen LogP contribution is -2.32. The van der Waals surface area contributed by atoms with Crippen LogP contribution in [0.2, 0.25) is 0 Å². The largest absolute Gasteiger partial charge is 0.494 e. The first-order valence-corrected chi connectivity index (χ1v) is 28.5. The van der Waals surface area contributed by atoms with Gasteiger partial charge in [0.2, 0.25) is 0 Å². The molecule has 11 heteroatoms. The Morgan fingerprint density at radius 2 is 0.963 bits per heavy atom. The van der Waals surface area contributed by atoms with E-state index in [9.17, 15) is 14.4 Å². The van der Waals surface area contributed by atoms with Gasteiger partial charge in [0.25, 0.3) is 0 Å². The standard InChI is InChI=1S/C70H82O11/c1-9-54-48-64(76-43-16-11-13-17-44-78-66-39-30-60(47-55(66)10-2)58-26-33-61(34-27-58)75-42-15-12-14-18-45-79-68(72)51(3)4)37-38-65(54)59-28-35-63(36-29-59)81-67(71)40-21-53-19-22-56(23-20-53)57-24-31-62(32-25-57)77-46-41-70(7,49-74-8)50-80-69(73)52(5)6/h19-40,47-48H,3,5,9-18,41-46,49-50H2,1-2,4,6-8H3/b40-21+. The molecule has 428 valence electrons. The Morgan fingerprint density at radius 1 is 0.481 bits per heavy atom. The van der Waals surface area contributed by atoms with Gasteiger partial charge in [-0.2, -0.15) is 0 Å². The predicted molar refractivity (Wildman–Crippen MR) is 324 cm³/mol. The van der Waals surface area contributed by atoms with Crippen molar-refractivity contribution in [2.24, 2.45) is 5.41 Å². The second-order valence-corrected chi connectivity index (χ2v) is 20.8. The van der Waals surface area contributed by atoms with Crippen LogP contribution >= 0.6 is 0 Å². The smallest absolute Gasteiger partial charge is 0.336 e. The highest BCUT2D eigenvalue weighted by Crippen LogP contribution is 2.32. The number of rotatable bonds is 35. The fourth-order valence-electron chi connectivity index (χ4n) is 8.98. The van der Waals surface area contributed by atoms with Gasteiger partial charge in [0.05, 0.1) is 46.2 Å². The Balaban J connectivity index is 0.852. The molecule has 6 aromatic carbocycles. The van der Waals surface area contributed by atoms with Crippen LogP contribution < -0.4 is 23.7 Å². The molecule has 6 rings (SSSR count). The first-order chi connectivity index (χ1) is 39.3. The van der Waals surface area contributed by atoms with Crippen LogP contribution in [0.15, 0.2) is 164 Å². The van der Waals surface area contributed by atoms with Crippen LogP contribution in [0.4, 0.5) is 0 Å². The molecule has 0 aliphatic heterocycles. The van der Waals surface area contributed by atoms with Gasteiger partial charge in [-0.3, -0.25) is 0 Å². The summed E-state index contributed by atoms with van der Waals surface area (Å²) >= 11 is 0. The molecule has 0 amide bonds. The van der Waals surface area contributed by atoms with Crippen molar-refractivity contribution >= 4 is 24.0 Å². The quantitative estimate of drug-likeness (QED) is 0.0163. The molecule has 11 nitrogen and oxygen atoms in total. The molecule has 0 N–H and O–H groups in total. The molecule has 0 fully saturated rings. The van der Waals surface area contributed by atoms with Crippen LogP contribution in [0.5, 0.6) is 28.7 Å². The number of unbranched alkanes of at least 4 members (excludes halogenated alkanes) is 6. The van der Waals surface area contributed by atoms with Gasteiger partial charge < -0.3 is 37.9 Å². The molecule has 0 aromatic heterocycles. The van der Waals surface area contributed by atoms with Crippen LogP contribution in [0.25, 0.3) is 39.5 Å². The minimum atomic E-state index is -0.459. The second-order valence-electron chi connectivity index (χ2n) is 20.8. The lowest BCUT2D eigenvalue weighted by molar-refractivity contribution is -0.144. The van der Waals surface area contributed by atoms with Gasteiger partial charge in [-0.15, -0.1) is 0 Å². The molecule has 0 spiro atoms. The normalized spacial score (nSPS) is 11.8. The molecule has 1 unspecified atom stereocenters. The van der Waals surface area contributed by atoms with E-state index in [-0.39, 0.29) is 12.6 Å². The van der Waals surface area contributed by atoms with E-state index in [0.717, 1.165) is 126 Å². The Labute approximate surface area is 480 Å². The van der Waals surface area contributed by atoms with Gasteiger partial charge in [0.15, 0.2) is 0 Å². The molecule has 1 atom stereocenters.